The molecule has 0 aliphatic heterocycles. The van der Waals surface area contributed by atoms with Crippen molar-refractivity contribution in [1.29, 1.82) is 0 Å². The van der Waals surface area contributed by atoms with E-state index in [4.69, 9.17) is 16.3 Å². The highest BCUT2D eigenvalue weighted by atomic mass is 35.5. The summed E-state index contributed by atoms with van der Waals surface area (Å²) in [4.78, 5) is 13.1. The van der Waals surface area contributed by atoms with Gasteiger partial charge in [0, 0.05) is 10.6 Å². The largest absolute Gasteiger partial charge is 0.465 e. The minimum Gasteiger partial charge on any atom is -0.465 e. The molecule has 0 bridgehead atoms. The molecule has 1 aromatic carbocycles. The summed E-state index contributed by atoms with van der Waals surface area (Å²) < 4.78 is 5.15. The van der Waals surface area contributed by atoms with Crippen molar-refractivity contribution in [2.24, 2.45) is 0 Å². The van der Waals surface area contributed by atoms with Crippen LogP contribution in [0.4, 0.5) is 0 Å². The Morgan fingerprint density at radius 2 is 2.10 bits per heavy atom. The number of ether oxygens (including phenoxy) is 1. The zero-order chi connectivity index (χ0) is 15.0. The Morgan fingerprint density at radius 3 is 2.70 bits per heavy atom. The van der Waals surface area contributed by atoms with Crippen LogP contribution < -0.4 is 5.32 Å². The van der Waals surface area contributed by atoms with Gasteiger partial charge in [0.2, 0.25) is 0 Å². The van der Waals surface area contributed by atoms with Gasteiger partial charge in [-0.05, 0) is 38.9 Å². The van der Waals surface area contributed by atoms with E-state index in [0.717, 1.165) is 22.2 Å². The monoisotopic (exact) mass is 315 g/mol. The van der Waals surface area contributed by atoms with Gasteiger partial charge in [-0.25, -0.2) is 0 Å². The van der Waals surface area contributed by atoms with E-state index in [1.807, 2.05) is 45.0 Å². The maximum Gasteiger partial charge on any atom is 0.326 e. The fraction of sp³-hybridized carbons (Fsp3) is 0.533. The number of hydrogen-bond donors (Lipinski definition) is 1. The van der Waals surface area contributed by atoms with Gasteiger partial charge in [-0.1, -0.05) is 30.7 Å². The first kappa shape index (κ1) is 17.3. The summed E-state index contributed by atoms with van der Waals surface area (Å²) in [5, 5.41) is 3.97. The zero-order valence-electron chi connectivity index (χ0n) is 12.2. The van der Waals surface area contributed by atoms with E-state index in [1.165, 1.54) is 0 Å². The van der Waals surface area contributed by atoms with Crippen LogP contribution >= 0.6 is 23.4 Å². The van der Waals surface area contributed by atoms with Gasteiger partial charge >= 0.3 is 5.97 Å². The molecule has 0 spiro atoms. The van der Waals surface area contributed by atoms with E-state index < -0.39 is 5.54 Å². The highest BCUT2D eigenvalue weighted by molar-refractivity contribution is 7.99. The average molecular weight is 316 g/mol. The number of carbonyl (C=O) groups excluding carboxylic acids is 1. The summed E-state index contributed by atoms with van der Waals surface area (Å²) in [7, 11) is 0. The molecule has 1 aromatic rings. The van der Waals surface area contributed by atoms with Crippen LogP contribution in [0.15, 0.2) is 29.2 Å². The van der Waals surface area contributed by atoms with E-state index in [1.54, 1.807) is 11.8 Å². The third-order valence-electron chi connectivity index (χ3n) is 2.99. The number of esters is 1. The summed E-state index contributed by atoms with van der Waals surface area (Å²) in [5.41, 5.74) is -0.640. The van der Waals surface area contributed by atoms with Crippen molar-refractivity contribution < 1.29 is 9.53 Å². The van der Waals surface area contributed by atoms with Crippen molar-refractivity contribution in [2.45, 2.75) is 37.6 Å². The SMILES string of the molecule is CCNC(C)(CCSc1ccccc1Cl)C(=O)OCC. The van der Waals surface area contributed by atoms with Crippen LogP contribution in [0.3, 0.4) is 0 Å². The fourth-order valence-electron chi connectivity index (χ4n) is 1.87. The summed E-state index contributed by atoms with van der Waals surface area (Å²) in [6, 6.07) is 7.73. The van der Waals surface area contributed by atoms with Gasteiger partial charge in [-0.3, -0.25) is 4.79 Å². The number of likely N-dealkylation sites (N-methyl/N-ethyl adjacent to an activating group) is 1. The number of thioether (sulfide) groups is 1. The van der Waals surface area contributed by atoms with Gasteiger partial charge in [-0.15, -0.1) is 11.8 Å². The molecule has 0 aliphatic carbocycles. The minimum atomic E-state index is -0.640. The Hall–Kier alpha value is -0.710. The number of rotatable bonds is 8. The van der Waals surface area contributed by atoms with E-state index in [0.29, 0.717) is 13.0 Å². The Labute approximate surface area is 130 Å². The van der Waals surface area contributed by atoms with Gasteiger partial charge < -0.3 is 10.1 Å². The molecule has 5 heteroatoms. The molecule has 0 saturated carbocycles. The summed E-state index contributed by atoms with van der Waals surface area (Å²) in [5.74, 6) is 0.605. The van der Waals surface area contributed by atoms with Gasteiger partial charge in [0.05, 0.1) is 11.6 Å². The van der Waals surface area contributed by atoms with Crippen LogP contribution in [-0.2, 0) is 9.53 Å². The second kappa shape index (κ2) is 8.55. The summed E-state index contributed by atoms with van der Waals surface area (Å²) in [6.07, 6.45) is 0.690. The van der Waals surface area contributed by atoms with Crippen molar-refractivity contribution in [3.8, 4) is 0 Å². The van der Waals surface area contributed by atoms with Crippen molar-refractivity contribution in [3.63, 3.8) is 0 Å². The first-order chi connectivity index (χ1) is 9.53. The predicted octanol–water partition coefficient (Wildman–Crippen LogP) is 3.75. The first-order valence-corrected chi connectivity index (χ1v) is 8.19. The van der Waals surface area contributed by atoms with Gasteiger partial charge in [0.1, 0.15) is 5.54 Å². The maximum atomic E-state index is 12.0. The molecule has 0 amide bonds. The van der Waals surface area contributed by atoms with Gasteiger partial charge in [0.15, 0.2) is 0 Å². The number of nitrogens with one attached hydrogen (secondary N) is 1. The molecule has 0 radical (unpaired) electrons. The van der Waals surface area contributed by atoms with Gasteiger partial charge in [0.25, 0.3) is 0 Å². The lowest BCUT2D eigenvalue weighted by Crippen LogP contribution is -2.50. The Balaban J connectivity index is 2.59. The van der Waals surface area contributed by atoms with E-state index >= 15 is 0 Å². The lowest BCUT2D eigenvalue weighted by molar-refractivity contribution is -0.150. The lowest BCUT2D eigenvalue weighted by atomic mass is 9.99. The average Bonchev–Trinajstić information content (AvgIpc) is 2.41. The van der Waals surface area contributed by atoms with Crippen molar-refractivity contribution in [3.05, 3.63) is 29.3 Å². The molecule has 3 nitrogen and oxygen atoms in total. The van der Waals surface area contributed by atoms with E-state index in [2.05, 4.69) is 5.32 Å². The molecule has 0 heterocycles. The number of hydrogen-bond acceptors (Lipinski definition) is 4. The Bertz CT molecular complexity index is 442. The molecule has 112 valence electrons. The Kier molecular flexibility index (Phi) is 7.41. The zero-order valence-corrected chi connectivity index (χ0v) is 13.8. The topological polar surface area (TPSA) is 38.3 Å². The smallest absolute Gasteiger partial charge is 0.326 e. The summed E-state index contributed by atoms with van der Waals surface area (Å²) in [6.45, 7) is 6.83. The molecule has 1 unspecified atom stereocenters. The quantitative estimate of drug-likeness (QED) is 0.585. The third-order valence-corrected chi connectivity index (χ3v) is 4.51. The molecule has 1 atom stereocenters. The van der Waals surface area contributed by atoms with Gasteiger partial charge in [-0.2, -0.15) is 0 Å². The second-order valence-electron chi connectivity index (χ2n) is 4.61. The van der Waals surface area contributed by atoms with E-state index in [9.17, 15) is 4.79 Å². The summed E-state index contributed by atoms with van der Waals surface area (Å²) >= 11 is 7.78. The van der Waals surface area contributed by atoms with Crippen molar-refractivity contribution >= 4 is 29.3 Å². The molecular weight excluding hydrogens is 294 g/mol. The number of halogens is 1. The van der Waals surface area contributed by atoms with Crippen molar-refractivity contribution in [1.82, 2.24) is 5.32 Å². The Morgan fingerprint density at radius 1 is 1.40 bits per heavy atom. The molecule has 1 rings (SSSR count). The van der Waals surface area contributed by atoms with Crippen LogP contribution in [0.25, 0.3) is 0 Å². The second-order valence-corrected chi connectivity index (χ2v) is 6.16. The van der Waals surface area contributed by atoms with Crippen LogP contribution in [0.1, 0.15) is 27.2 Å². The van der Waals surface area contributed by atoms with Crippen LogP contribution in [-0.4, -0.2) is 30.4 Å². The molecule has 1 N–H and O–H groups in total. The molecule has 0 saturated heterocycles. The normalized spacial score (nSPS) is 13.8. The highest BCUT2D eigenvalue weighted by Crippen LogP contribution is 2.28. The standard InChI is InChI=1S/C15H22ClNO2S/c1-4-17-15(3,14(18)19-5-2)10-11-20-13-9-7-6-8-12(13)16/h6-9,17H,4-5,10-11H2,1-3H3. The predicted molar refractivity (Wildman–Crippen MR) is 85.5 cm³/mol. The number of benzene rings is 1. The molecule has 0 aromatic heterocycles. The third kappa shape index (κ3) is 5.00. The van der Waals surface area contributed by atoms with Crippen LogP contribution in [0.2, 0.25) is 5.02 Å². The molecule has 0 fully saturated rings. The van der Waals surface area contributed by atoms with E-state index in [-0.39, 0.29) is 5.97 Å². The lowest BCUT2D eigenvalue weighted by Gasteiger charge is -2.28. The number of carbonyl (C=O) groups is 1. The molecular formula is C15H22ClNO2S. The molecule has 20 heavy (non-hydrogen) atoms. The van der Waals surface area contributed by atoms with Crippen molar-refractivity contribution in [2.75, 3.05) is 18.9 Å². The minimum absolute atomic E-state index is 0.193. The fourth-order valence-corrected chi connectivity index (χ4v) is 3.28. The molecule has 0 aliphatic rings. The highest BCUT2D eigenvalue weighted by Gasteiger charge is 2.33. The first-order valence-electron chi connectivity index (χ1n) is 6.83. The van der Waals surface area contributed by atoms with Crippen LogP contribution in [0.5, 0.6) is 0 Å². The maximum absolute atomic E-state index is 12.0. The van der Waals surface area contributed by atoms with Crippen LogP contribution in [0, 0.1) is 0 Å².